The van der Waals surface area contributed by atoms with Crippen LogP contribution in [0.5, 0.6) is 0 Å². The SMILES string of the molecule is CCC1(C=O)NC=CN1Cc1ccccc1. The lowest BCUT2D eigenvalue weighted by molar-refractivity contribution is -0.118. The van der Waals surface area contributed by atoms with Crippen LogP contribution in [0.3, 0.4) is 0 Å². The van der Waals surface area contributed by atoms with Crippen LogP contribution in [0.2, 0.25) is 0 Å². The van der Waals surface area contributed by atoms with Crippen LogP contribution in [0.15, 0.2) is 42.7 Å². The molecule has 2 rings (SSSR count). The molecule has 1 aromatic carbocycles. The van der Waals surface area contributed by atoms with Gasteiger partial charge in [0.05, 0.1) is 0 Å². The molecule has 0 aliphatic carbocycles. The second-order valence-corrected chi connectivity index (χ2v) is 3.97. The molecule has 1 unspecified atom stereocenters. The maximum absolute atomic E-state index is 11.2. The number of hydrogen-bond acceptors (Lipinski definition) is 3. The highest BCUT2D eigenvalue weighted by atomic mass is 16.1. The minimum Gasteiger partial charge on any atom is -0.362 e. The Hall–Kier alpha value is -1.77. The standard InChI is InChI=1S/C13H16N2O/c1-2-13(11-16)14-8-9-15(13)10-12-6-4-3-5-7-12/h3-9,11,14H,2,10H2,1H3. The van der Waals surface area contributed by atoms with Crippen molar-refractivity contribution in [1.82, 2.24) is 10.2 Å². The Kier molecular flexibility index (Phi) is 2.95. The summed E-state index contributed by atoms with van der Waals surface area (Å²) in [6.45, 7) is 2.75. The molecule has 0 bridgehead atoms. The van der Waals surface area contributed by atoms with Crippen LogP contribution >= 0.6 is 0 Å². The summed E-state index contributed by atoms with van der Waals surface area (Å²) in [5.41, 5.74) is 0.645. The third-order valence-corrected chi connectivity index (χ3v) is 3.03. The lowest BCUT2D eigenvalue weighted by atomic mass is 10.1. The van der Waals surface area contributed by atoms with E-state index in [2.05, 4.69) is 17.4 Å². The summed E-state index contributed by atoms with van der Waals surface area (Å²) in [5.74, 6) is 0. The molecule has 0 saturated carbocycles. The van der Waals surface area contributed by atoms with Gasteiger partial charge in [-0.2, -0.15) is 0 Å². The molecule has 0 aromatic heterocycles. The molecule has 1 heterocycles. The van der Waals surface area contributed by atoms with Gasteiger partial charge in [-0.15, -0.1) is 0 Å². The van der Waals surface area contributed by atoms with E-state index < -0.39 is 5.66 Å². The van der Waals surface area contributed by atoms with Crippen molar-refractivity contribution >= 4 is 6.29 Å². The summed E-state index contributed by atoms with van der Waals surface area (Å²) in [6, 6.07) is 10.2. The van der Waals surface area contributed by atoms with Gasteiger partial charge in [-0.05, 0) is 12.0 Å². The molecule has 84 valence electrons. The van der Waals surface area contributed by atoms with E-state index in [1.165, 1.54) is 5.56 Å². The molecule has 1 aliphatic rings. The van der Waals surface area contributed by atoms with E-state index in [0.717, 1.165) is 19.3 Å². The molecule has 1 aliphatic heterocycles. The molecule has 1 N–H and O–H groups in total. The average molecular weight is 216 g/mol. The molecule has 16 heavy (non-hydrogen) atoms. The highest BCUT2D eigenvalue weighted by molar-refractivity contribution is 5.65. The van der Waals surface area contributed by atoms with Crippen molar-refractivity contribution in [3.8, 4) is 0 Å². The Labute approximate surface area is 95.8 Å². The summed E-state index contributed by atoms with van der Waals surface area (Å²) >= 11 is 0. The van der Waals surface area contributed by atoms with Crippen LogP contribution in [-0.2, 0) is 11.3 Å². The number of carbonyl (C=O) groups excluding carboxylic acids is 1. The molecule has 3 heteroatoms. The highest BCUT2D eigenvalue weighted by Crippen LogP contribution is 2.22. The number of rotatable bonds is 4. The molecular formula is C13H16N2O. The summed E-state index contributed by atoms with van der Waals surface area (Å²) in [4.78, 5) is 13.3. The summed E-state index contributed by atoms with van der Waals surface area (Å²) in [6.07, 6.45) is 5.50. The van der Waals surface area contributed by atoms with Gasteiger partial charge in [0, 0.05) is 18.9 Å². The van der Waals surface area contributed by atoms with Crippen molar-refractivity contribution in [2.45, 2.75) is 25.6 Å². The molecular weight excluding hydrogens is 200 g/mol. The van der Waals surface area contributed by atoms with E-state index in [1.807, 2.05) is 42.4 Å². The third kappa shape index (κ3) is 1.81. The lowest BCUT2D eigenvalue weighted by Gasteiger charge is -2.34. The van der Waals surface area contributed by atoms with Crippen molar-refractivity contribution in [1.29, 1.82) is 0 Å². The normalized spacial score (nSPS) is 23.2. The van der Waals surface area contributed by atoms with E-state index in [9.17, 15) is 4.79 Å². The summed E-state index contributed by atoms with van der Waals surface area (Å²) in [7, 11) is 0. The molecule has 1 atom stereocenters. The third-order valence-electron chi connectivity index (χ3n) is 3.03. The van der Waals surface area contributed by atoms with E-state index in [0.29, 0.717) is 0 Å². The van der Waals surface area contributed by atoms with Crippen LogP contribution in [0.1, 0.15) is 18.9 Å². The molecule has 1 aromatic rings. The molecule has 0 spiro atoms. The van der Waals surface area contributed by atoms with Crippen LogP contribution in [0.4, 0.5) is 0 Å². The van der Waals surface area contributed by atoms with Gasteiger partial charge in [0.25, 0.3) is 0 Å². The first-order valence-corrected chi connectivity index (χ1v) is 5.52. The molecule has 0 amide bonds. The Balaban J connectivity index is 2.15. The van der Waals surface area contributed by atoms with Gasteiger partial charge < -0.3 is 10.2 Å². The number of carbonyl (C=O) groups is 1. The van der Waals surface area contributed by atoms with Gasteiger partial charge in [0.15, 0.2) is 11.9 Å². The topological polar surface area (TPSA) is 32.3 Å². The fourth-order valence-electron chi connectivity index (χ4n) is 1.95. The van der Waals surface area contributed by atoms with Gasteiger partial charge >= 0.3 is 0 Å². The Morgan fingerprint density at radius 3 is 2.75 bits per heavy atom. The lowest BCUT2D eigenvalue weighted by Crippen LogP contribution is -2.51. The molecule has 0 saturated heterocycles. The predicted molar refractivity (Wildman–Crippen MR) is 63.3 cm³/mol. The van der Waals surface area contributed by atoms with E-state index in [-0.39, 0.29) is 0 Å². The van der Waals surface area contributed by atoms with Crippen molar-refractivity contribution in [2.75, 3.05) is 0 Å². The molecule has 3 nitrogen and oxygen atoms in total. The predicted octanol–water partition coefficient (Wildman–Crippen LogP) is 1.87. The molecule has 0 fully saturated rings. The second-order valence-electron chi connectivity index (χ2n) is 3.97. The number of benzene rings is 1. The Morgan fingerprint density at radius 2 is 2.12 bits per heavy atom. The maximum atomic E-state index is 11.2. The first-order valence-electron chi connectivity index (χ1n) is 5.52. The number of nitrogens with zero attached hydrogens (tertiary/aromatic N) is 1. The van der Waals surface area contributed by atoms with Crippen molar-refractivity contribution in [2.24, 2.45) is 0 Å². The number of nitrogens with one attached hydrogen (secondary N) is 1. The van der Waals surface area contributed by atoms with Gasteiger partial charge in [-0.1, -0.05) is 37.3 Å². The van der Waals surface area contributed by atoms with Crippen LogP contribution in [0.25, 0.3) is 0 Å². The smallest absolute Gasteiger partial charge is 0.167 e. The van der Waals surface area contributed by atoms with Gasteiger partial charge in [-0.3, -0.25) is 4.79 Å². The van der Waals surface area contributed by atoms with E-state index >= 15 is 0 Å². The van der Waals surface area contributed by atoms with Gasteiger partial charge in [-0.25, -0.2) is 0 Å². The van der Waals surface area contributed by atoms with Crippen LogP contribution in [-0.4, -0.2) is 16.8 Å². The van der Waals surface area contributed by atoms with Crippen LogP contribution in [0, 0.1) is 0 Å². The zero-order valence-electron chi connectivity index (χ0n) is 9.39. The van der Waals surface area contributed by atoms with E-state index in [4.69, 9.17) is 0 Å². The number of hydrogen-bond donors (Lipinski definition) is 1. The number of aldehydes is 1. The zero-order valence-corrected chi connectivity index (χ0v) is 9.39. The molecule has 0 radical (unpaired) electrons. The maximum Gasteiger partial charge on any atom is 0.167 e. The largest absolute Gasteiger partial charge is 0.362 e. The van der Waals surface area contributed by atoms with Crippen molar-refractivity contribution in [3.05, 3.63) is 48.3 Å². The van der Waals surface area contributed by atoms with Gasteiger partial charge in [0.2, 0.25) is 0 Å². The first-order chi connectivity index (χ1) is 7.80. The van der Waals surface area contributed by atoms with Crippen molar-refractivity contribution in [3.63, 3.8) is 0 Å². The minimum absolute atomic E-state index is 0.560. The van der Waals surface area contributed by atoms with E-state index in [1.54, 1.807) is 0 Å². The van der Waals surface area contributed by atoms with Gasteiger partial charge in [0.1, 0.15) is 0 Å². The summed E-state index contributed by atoms with van der Waals surface area (Å²) < 4.78 is 0. The fourth-order valence-corrected chi connectivity index (χ4v) is 1.95. The monoisotopic (exact) mass is 216 g/mol. The Morgan fingerprint density at radius 1 is 1.38 bits per heavy atom. The Bertz CT molecular complexity index is 388. The minimum atomic E-state index is -0.560. The van der Waals surface area contributed by atoms with Crippen LogP contribution < -0.4 is 5.32 Å². The quantitative estimate of drug-likeness (QED) is 0.780. The van der Waals surface area contributed by atoms with Crippen molar-refractivity contribution < 1.29 is 4.79 Å². The highest BCUT2D eigenvalue weighted by Gasteiger charge is 2.35. The fraction of sp³-hybridized carbons (Fsp3) is 0.308. The summed E-state index contributed by atoms with van der Waals surface area (Å²) in [5, 5.41) is 3.12. The zero-order chi connectivity index (χ0) is 11.4. The second kappa shape index (κ2) is 4.39. The average Bonchev–Trinajstić information content (AvgIpc) is 2.74. The first kappa shape index (κ1) is 10.7.